The van der Waals surface area contributed by atoms with Crippen LogP contribution >= 0.6 is 27.5 Å². The second-order valence-electron chi connectivity index (χ2n) is 3.82. The molecule has 19 heavy (non-hydrogen) atoms. The van der Waals surface area contributed by atoms with Crippen LogP contribution in [0.5, 0.6) is 11.5 Å². The molecule has 0 radical (unpaired) electrons. The molecule has 0 fully saturated rings. The first-order valence-corrected chi connectivity index (χ1v) is 6.68. The zero-order chi connectivity index (χ0) is 13.8. The van der Waals surface area contributed by atoms with E-state index in [0.717, 1.165) is 11.3 Å². The Morgan fingerprint density at radius 2 is 2.26 bits per heavy atom. The quantitative estimate of drug-likeness (QED) is 0.829. The fourth-order valence-electron chi connectivity index (χ4n) is 1.60. The summed E-state index contributed by atoms with van der Waals surface area (Å²) in [6.45, 7) is 0.542. The molecule has 0 aliphatic rings. The monoisotopic (exact) mass is 342 g/mol. The Labute approximate surface area is 124 Å². The number of ether oxygens (including phenoxy) is 1. The molecular weight excluding hydrogens is 332 g/mol. The zero-order valence-electron chi connectivity index (χ0n) is 10.2. The van der Waals surface area contributed by atoms with Gasteiger partial charge in [-0.1, -0.05) is 11.6 Å². The first kappa shape index (κ1) is 14.0. The average molecular weight is 344 g/mol. The van der Waals surface area contributed by atoms with E-state index in [2.05, 4.69) is 26.2 Å². The number of halogens is 2. The van der Waals surface area contributed by atoms with Crippen molar-refractivity contribution in [3.63, 3.8) is 0 Å². The Morgan fingerprint density at radius 1 is 1.47 bits per heavy atom. The average Bonchev–Trinajstić information content (AvgIpc) is 2.41. The van der Waals surface area contributed by atoms with Gasteiger partial charge in [-0.2, -0.15) is 0 Å². The topological polar surface area (TPSA) is 54.4 Å². The van der Waals surface area contributed by atoms with Crippen molar-refractivity contribution in [3.05, 3.63) is 45.7 Å². The molecule has 2 aromatic rings. The van der Waals surface area contributed by atoms with E-state index in [-0.39, 0.29) is 5.75 Å². The van der Waals surface area contributed by atoms with Gasteiger partial charge < -0.3 is 15.2 Å². The number of pyridine rings is 1. The number of hydrogen-bond donors (Lipinski definition) is 2. The van der Waals surface area contributed by atoms with Crippen LogP contribution in [0.2, 0.25) is 5.15 Å². The van der Waals surface area contributed by atoms with Crippen LogP contribution in [0.15, 0.2) is 34.9 Å². The molecule has 0 unspecified atom stereocenters. The lowest BCUT2D eigenvalue weighted by Gasteiger charge is -2.11. The van der Waals surface area contributed by atoms with E-state index in [4.69, 9.17) is 16.3 Å². The van der Waals surface area contributed by atoms with Crippen molar-refractivity contribution in [3.8, 4) is 11.5 Å². The Bertz CT molecular complexity index is 593. The molecule has 0 atom stereocenters. The number of phenolic OH excluding ortho intramolecular Hbond substituents is 1. The van der Waals surface area contributed by atoms with E-state index in [9.17, 15) is 5.11 Å². The van der Waals surface area contributed by atoms with Gasteiger partial charge >= 0.3 is 0 Å². The van der Waals surface area contributed by atoms with E-state index in [1.54, 1.807) is 12.3 Å². The van der Waals surface area contributed by atoms with E-state index in [1.807, 2.05) is 18.2 Å². The molecule has 2 N–H and O–H groups in total. The molecule has 0 amide bonds. The highest BCUT2D eigenvalue weighted by Crippen LogP contribution is 2.35. The van der Waals surface area contributed by atoms with Gasteiger partial charge in [-0.3, -0.25) is 0 Å². The van der Waals surface area contributed by atoms with Gasteiger partial charge in [0.25, 0.3) is 0 Å². The van der Waals surface area contributed by atoms with E-state index >= 15 is 0 Å². The normalized spacial score (nSPS) is 10.3. The number of nitrogens with one attached hydrogen (secondary N) is 1. The van der Waals surface area contributed by atoms with Crippen LogP contribution in [0.25, 0.3) is 0 Å². The van der Waals surface area contributed by atoms with Gasteiger partial charge in [-0.15, -0.1) is 0 Å². The molecule has 0 saturated carbocycles. The Hall–Kier alpha value is -1.46. The van der Waals surface area contributed by atoms with Crippen LogP contribution in [-0.4, -0.2) is 17.2 Å². The third-order valence-corrected chi connectivity index (χ3v) is 3.46. The van der Waals surface area contributed by atoms with Gasteiger partial charge in [0.15, 0.2) is 16.7 Å². The Kier molecular flexibility index (Phi) is 4.50. The summed E-state index contributed by atoms with van der Waals surface area (Å²) in [5, 5.41) is 13.3. The first-order chi connectivity index (χ1) is 9.11. The molecule has 2 rings (SSSR count). The molecule has 0 aliphatic carbocycles. The summed E-state index contributed by atoms with van der Waals surface area (Å²) in [5.41, 5.74) is 1.70. The highest BCUT2D eigenvalue weighted by molar-refractivity contribution is 9.10. The molecule has 0 bridgehead atoms. The molecule has 1 heterocycles. The summed E-state index contributed by atoms with van der Waals surface area (Å²) in [7, 11) is 1.51. The molecule has 0 saturated heterocycles. The largest absolute Gasteiger partial charge is 0.503 e. The second-order valence-corrected chi connectivity index (χ2v) is 5.04. The van der Waals surface area contributed by atoms with Gasteiger partial charge in [0.2, 0.25) is 0 Å². The maximum absolute atomic E-state index is 9.73. The summed E-state index contributed by atoms with van der Waals surface area (Å²) in [6.07, 6.45) is 1.63. The first-order valence-electron chi connectivity index (χ1n) is 5.51. The minimum absolute atomic E-state index is 0.0886. The van der Waals surface area contributed by atoms with Crippen molar-refractivity contribution in [2.75, 3.05) is 12.4 Å². The Balaban J connectivity index is 2.16. The molecule has 1 aromatic heterocycles. The standard InChI is InChI=1S/C13H12BrClN2O2/c1-19-11-6-8(5-9(14)12(11)18)7-17-10-3-2-4-16-13(10)15/h2-6,17-18H,7H2,1H3. The van der Waals surface area contributed by atoms with Crippen LogP contribution in [0.1, 0.15) is 5.56 Å². The fraction of sp³-hybridized carbons (Fsp3) is 0.154. The van der Waals surface area contributed by atoms with Gasteiger partial charge in [0, 0.05) is 12.7 Å². The summed E-state index contributed by atoms with van der Waals surface area (Å²) < 4.78 is 5.68. The minimum atomic E-state index is 0.0886. The van der Waals surface area contributed by atoms with Crippen molar-refractivity contribution in [2.45, 2.75) is 6.54 Å². The SMILES string of the molecule is COc1cc(CNc2cccnc2Cl)cc(Br)c1O. The molecular formula is C13H12BrClN2O2. The minimum Gasteiger partial charge on any atom is -0.503 e. The lowest BCUT2D eigenvalue weighted by atomic mass is 10.2. The summed E-state index contributed by atoms with van der Waals surface area (Å²) in [6, 6.07) is 7.23. The van der Waals surface area contributed by atoms with Gasteiger partial charge in [0.05, 0.1) is 17.3 Å². The lowest BCUT2D eigenvalue weighted by molar-refractivity contribution is 0.371. The number of benzene rings is 1. The maximum Gasteiger partial charge on any atom is 0.172 e. The summed E-state index contributed by atoms with van der Waals surface area (Å²) >= 11 is 9.24. The Morgan fingerprint density at radius 3 is 2.95 bits per heavy atom. The third-order valence-electron chi connectivity index (χ3n) is 2.55. The molecule has 1 aromatic carbocycles. The van der Waals surface area contributed by atoms with Gasteiger partial charge in [0.1, 0.15) is 0 Å². The molecule has 6 heteroatoms. The predicted molar refractivity (Wildman–Crippen MR) is 78.9 cm³/mol. The van der Waals surface area contributed by atoms with E-state index < -0.39 is 0 Å². The van der Waals surface area contributed by atoms with Crippen LogP contribution in [0.3, 0.4) is 0 Å². The van der Waals surface area contributed by atoms with Crippen LogP contribution < -0.4 is 10.1 Å². The smallest absolute Gasteiger partial charge is 0.172 e. The number of phenols is 1. The number of rotatable bonds is 4. The highest BCUT2D eigenvalue weighted by atomic mass is 79.9. The second kappa shape index (κ2) is 6.12. The molecule has 0 spiro atoms. The lowest BCUT2D eigenvalue weighted by Crippen LogP contribution is -2.01. The van der Waals surface area contributed by atoms with Crippen molar-refractivity contribution in [1.29, 1.82) is 0 Å². The van der Waals surface area contributed by atoms with Crippen LogP contribution in [0.4, 0.5) is 5.69 Å². The zero-order valence-corrected chi connectivity index (χ0v) is 12.5. The van der Waals surface area contributed by atoms with Crippen LogP contribution in [0, 0.1) is 0 Å². The van der Waals surface area contributed by atoms with Crippen molar-refractivity contribution < 1.29 is 9.84 Å². The number of nitrogens with zero attached hydrogens (tertiary/aromatic N) is 1. The maximum atomic E-state index is 9.73. The predicted octanol–water partition coefficient (Wildman–Crippen LogP) is 3.82. The molecule has 100 valence electrons. The number of hydrogen-bond acceptors (Lipinski definition) is 4. The van der Waals surface area contributed by atoms with Crippen molar-refractivity contribution in [2.24, 2.45) is 0 Å². The highest BCUT2D eigenvalue weighted by Gasteiger charge is 2.09. The van der Waals surface area contributed by atoms with Gasteiger partial charge in [-0.25, -0.2) is 4.98 Å². The number of anilines is 1. The number of methoxy groups -OCH3 is 1. The van der Waals surface area contributed by atoms with E-state index in [0.29, 0.717) is 21.9 Å². The fourth-order valence-corrected chi connectivity index (χ4v) is 2.28. The summed E-state index contributed by atoms with van der Waals surface area (Å²) in [4.78, 5) is 3.99. The number of aromatic nitrogens is 1. The van der Waals surface area contributed by atoms with Crippen LogP contribution in [-0.2, 0) is 6.54 Å². The van der Waals surface area contributed by atoms with Crippen molar-refractivity contribution in [1.82, 2.24) is 4.98 Å². The number of aromatic hydroxyl groups is 1. The van der Waals surface area contributed by atoms with Crippen molar-refractivity contribution >= 4 is 33.2 Å². The molecule has 0 aliphatic heterocycles. The van der Waals surface area contributed by atoms with E-state index in [1.165, 1.54) is 7.11 Å². The third kappa shape index (κ3) is 3.30. The molecule has 4 nitrogen and oxygen atoms in total. The van der Waals surface area contributed by atoms with Gasteiger partial charge in [-0.05, 0) is 45.8 Å². The summed E-state index contributed by atoms with van der Waals surface area (Å²) in [5.74, 6) is 0.508.